The monoisotopic (exact) mass is 409 g/mol. The molecule has 0 saturated carbocycles. The van der Waals surface area contributed by atoms with Crippen LogP contribution >= 0.6 is 22.9 Å². The molecule has 142 valence electrons. The summed E-state index contributed by atoms with van der Waals surface area (Å²) in [5.41, 5.74) is 5.68. The normalized spacial score (nSPS) is 11.3. The molecule has 0 fully saturated rings. The van der Waals surface area contributed by atoms with Gasteiger partial charge < -0.3 is 21.1 Å². The van der Waals surface area contributed by atoms with E-state index in [-0.39, 0.29) is 10.6 Å². The number of benzene rings is 1. The summed E-state index contributed by atoms with van der Waals surface area (Å²) in [7, 11) is 0. The molecule has 1 aromatic carbocycles. The summed E-state index contributed by atoms with van der Waals surface area (Å²) in [6.45, 7) is 0.856. The zero-order valence-corrected chi connectivity index (χ0v) is 15.7. The van der Waals surface area contributed by atoms with Crippen molar-refractivity contribution in [2.75, 3.05) is 11.9 Å². The van der Waals surface area contributed by atoms with Gasteiger partial charge in [-0.05, 0) is 42.6 Å². The Kier molecular flexibility index (Phi) is 6.91. The predicted molar refractivity (Wildman–Crippen MR) is 101 cm³/mol. The van der Waals surface area contributed by atoms with Crippen LogP contribution in [0.4, 0.5) is 5.00 Å². The highest BCUT2D eigenvalue weighted by molar-refractivity contribution is 7.14. The number of halogens is 1. The number of nitrogens with one attached hydrogen (secondary N) is 2. The van der Waals surface area contributed by atoms with Crippen LogP contribution in [0.1, 0.15) is 27.6 Å². The first-order chi connectivity index (χ1) is 12.8. The van der Waals surface area contributed by atoms with Crippen molar-refractivity contribution in [3.63, 3.8) is 0 Å². The first-order valence-electron chi connectivity index (χ1n) is 7.68. The van der Waals surface area contributed by atoms with Crippen LogP contribution in [0, 0.1) is 0 Å². The van der Waals surface area contributed by atoms with Crippen LogP contribution in [0.2, 0.25) is 5.02 Å². The van der Waals surface area contributed by atoms with Crippen LogP contribution in [-0.4, -0.2) is 36.3 Å². The zero-order valence-electron chi connectivity index (χ0n) is 14.2. The van der Waals surface area contributed by atoms with Gasteiger partial charge in [0.25, 0.3) is 17.7 Å². The predicted octanol–water partition coefficient (Wildman–Crippen LogP) is 1.80. The summed E-state index contributed by atoms with van der Waals surface area (Å²) in [6.07, 6.45) is 0. The van der Waals surface area contributed by atoms with Crippen molar-refractivity contribution in [3.05, 3.63) is 51.9 Å². The van der Waals surface area contributed by atoms with Crippen molar-refractivity contribution in [3.8, 4) is 0 Å². The van der Waals surface area contributed by atoms with Crippen molar-refractivity contribution < 1.29 is 23.9 Å². The molecular formula is C17H16ClN3O5S. The molecular weight excluding hydrogens is 394 g/mol. The summed E-state index contributed by atoms with van der Waals surface area (Å²) >= 11 is 6.87. The molecule has 0 aliphatic carbocycles. The number of ether oxygens (including phenoxy) is 1. The average molecular weight is 410 g/mol. The van der Waals surface area contributed by atoms with E-state index in [1.807, 2.05) is 0 Å². The van der Waals surface area contributed by atoms with Crippen LogP contribution in [0.3, 0.4) is 0 Å². The van der Waals surface area contributed by atoms with Gasteiger partial charge in [0.1, 0.15) is 11.0 Å². The fourth-order valence-electron chi connectivity index (χ4n) is 1.96. The number of hydrogen-bond donors (Lipinski definition) is 3. The van der Waals surface area contributed by atoms with Crippen LogP contribution in [0.15, 0.2) is 35.7 Å². The molecule has 8 nitrogen and oxygen atoms in total. The smallest absolute Gasteiger partial charge is 0.328 e. The molecule has 1 atom stereocenters. The van der Waals surface area contributed by atoms with Gasteiger partial charge in [-0.2, -0.15) is 0 Å². The molecule has 0 spiro atoms. The lowest BCUT2D eigenvalue weighted by atomic mass is 10.2. The molecule has 27 heavy (non-hydrogen) atoms. The number of thiophene rings is 1. The van der Waals surface area contributed by atoms with E-state index in [4.69, 9.17) is 22.1 Å². The Morgan fingerprint density at radius 3 is 2.48 bits per heavy atom. The molecule has 2 aromatic rings. The third kappa shape index (κ3) is 5.80. The van der Waals surface area contributed by atoms with Gasteiger partial charge in [-0.3, -0.25) is 14.4 Å². The molecule has 0 aliphatic heterocycles. The Balaban J connectivity index is 1.82. The quantitative estimate of drug-likeness (QED) is 0.601. The van der Waals surface area contributed by atoms with Crippen LogP contribution in [0.25, 0.3) is 0 Å². The number of esters is 1. The minimum absolute atomic E-state index is 0.170. The minimum atomic E-state index is -0.969. The van der Waals surface area contributed by atoms with E-state index in [0.717, 1.165) is 11.3 Å². The molecule has 2 rings (SSSR count). The number of nitrogens with two attached hydrogens (primary N) is 1. The van der Waals surface area contributed by atoms with Crippen LogP contribution in [-0.2, 0) is 14.3 Å². The molecule has 10 heteroatoms. The lowest BCUT2D eigenvalue weighted by molar-refractivity contribution is -0.148. The molecule has 0 aliphatic rings. The van der Waals surface area contributed by atoms with Gasteiger partial charge in [0.2, 0.25) is 0 Å². The first kappa shape index (κ1) is 20.4. The van der Waals surface area contributed by atoms with Crippen molar-refractivity contribution in [1.82, 2.24) is 5.32 Å². The van der Waals surface area contributed by atoms with Crippen molar-refractivity contribution in [2.24, 2.45) is 5.73 Å². The van der Waals surface area contributed by atoms with Gasteiger partial charge in [0.05, 0.1) is 5.56 Å². The van der Waals surface area contributed by atoms with Gasteiger partial charge in [-0.25, -0.2) is 4.79 Å². The maximum Gasteiger partial charge on any atom is 0.328 e. The minimum Gasteiger partial charge on any atom is -0.454 e. The van der Waals surface area contributed by atoms with Crippen LogP contribution in [0.5, 0.6) is 0 Å². The number of anilines is 1. The zero-order chi connectivity index (χ0) is 20.0. The number of primary amides is 1. The molecule has 4 N–H and O–H groups in total. The Morgan fingerprint density at radius 2 is 1.85 bits per heavy atom. The number of carbonyl (C=O) groups excluding carboxylic acids is 4. The number of rotatable bonds is 7. The highest BCUT2D eigenvalue weighted by atomic mass is 35.5. The molecule has 1 aromatic heterocycles. The fourth-order valence-corrected chi connectivity index (χ4v) is 2.90. The summed E-state index contributed by atoms with van der Waals surface area (Å²) in [6, 6.07) is 6.64. The van der Waals surface area contributed by atoms with Crippen molar-refractivity contribution >= 4 is 51.6 Å². The van der Waals surface area contributed by atoms with E-state index in [1.165, 1.54) is 25.1 Å². The number of carbonyl (C=O) groups is 4. The second-order valence-electron chi connectivity index (χ2n) is 5.39. The van der Waals surface area contributed by atoms with E-state index in [9.17, 15) is 19.2 Å². The lowest BCUT2D eigenvalue weighted by Gasteiger charge is -2.13. The highest BCUT2D eigenvalue weighted by Crippen LogP contribution is 2.22. The maximum atomic E-state index is 12.0. The SMILES string of the molecule is C[C@@H](NC(=O)c1ccc(Cl)cc1)C(=O)OCC(=O)Nc1sccc1C(N)=O. The highest BCUT2D eigenvalue weighted by Gasteiger charge is 2.20. The largest absolute Gasteiger partial charge is 0.454 e. The molecule has 1 heterocycles. The molecule has 0 bridgehead atoms. The van der Waals surface area contributed by atoms with E-state index in [1.54, 1.807) is 17.5 Å². The average Bonchev–Trinajstić information content (AvgIpc) is 3.08. The van der Waals surface area contributed by atoms with Gasteiger partial charge >= 0.3 is 5.97 Å². The first-order valence-corrected chi connectivity index (χ1v) is 8.94. The van der Waals surface area contributed by atoms with Crippen molar-refractivity contribution in [2.45, 2.75) is 13.0 Å². The maximum absolute atomic E-state index is 12.0. The van der Waals surface area contributed by atoms with Gasteiger partial charge in [0.15, 0.2) is 6.61 Å². The Morgan fingerprint density at radius 1 is 1.19 bits per heavy atom. The van der Waals surface area contributed by atoms with Gasteiger partial charge in [0, 0.05) is 10.6 Å². The Bertz CT molecular complexity index is 866. The van der Waals surface area contributed by atoms with Crippen LogP contribution < -0.4 is 16.4 Å². The lowest BCUT2D eigenvalue weighted by Crippen LogP contribution is -2.40. The topological polar surface area (TPSA) is 128 Å². The second kappa shape index (κ2) is 9.15. The summed E-state index contributed by atoms with van der Waals surface area (Å²) in [5.74, 6) is -2.58. The van der Waals surface area contributed by atoms with Gasteiger partial charge in [-0.15, -0.1) is 11.3 Å². The third-order valence-corrected chi connectivity index (χ3v) is 4.42. The Labute approximate surface area is 163 Å². The second-order valence-corrected chi connectivity index (χ2v) is 6.74. The van der Waals surface area contributed by atoms with Crippen molar-refractivity contribution in [1.29, 1.82) is 0 Å². The van der Waals surface area contributed by atoms with Gasteiger partial charge in [-0.1, -0.05) is 11.6 Å². The molecule has 0 saturated heterocycles. The van der Waals surface area contributed by atoms with E-state index >= 15 is 0 Å². The Hall–Kier alpha value is -2.91. The number of hydrogen-bond acceptors (Lipinski definition) is 6. The molecule has 3 amide bonds. The molecule has 0 radical (unpaired) electrons. The summed E-state index contributed by atoms with van der Waals surface area (Å²) in [5, 5.41) is 7.25. The van der Waals surface area contributed by atoms with E-state index in [0.29, 0.717) is 10.6 Å². The molecule has 0 unspecified atom stereocenters. The summed E-state index contributed by atoms with van der Waals surface area (Å²) < 4.78 is 4.87. The third-order valence-electron chi connectivity index (χ3n) is 3.34. The summed E-state index contributed by atoms with van der Waals surface area (Å²) in [4.78, 5) is 47.0. The standard InChI is InChI=1S/C17H16ClN3O5S/c1-9(20-15(24)10-2-4-11(18)5-3-10)17(25)26-8-13(22)21-16-12(14(19)23)6-7-27-16/h2-7,9H,8H2,1H3,(H2,19,23)(H,20,24)(H,21,22)/t9-/m1/s1. The van der Waals surface area contributed by atoms with E-state index in [2.05, 4.69) is 10.6 Å². The van der Waals surface area contributed by atoms with E-state index < -0.39 is 36.3 Å². The number of amides is 3. The fraction of sp³-hybridized carbons (Fsp3) is 0.176.